The Morgan fingerprint density at radius 1 is 1.05 bits per heavy atom. The van der Waals surface area contributed by atoms with E-state index in [0.717, 1.165) is 79.6 Å². The molecule has 2 aromatic carbocycles. The van der Waals surface area contributed by atoms with Gasteiger partial charge in [0.15, 0.2) is 6.10 Å². The molecule has 0 aliphatic heterocycles. The fourth-order valence-electron chi connectivity index (χ4n) is 4.19. The maximum absolute atomic E-state index is 13.2. The second-order valence-corrected chi connectivity index (χ2v) is 12.6. The number of para-hydroxylation sites is 1. The van der Waals surface area contributed by atoms with Crippen LogP contribution in [0.4, 0.5) is 0 Å². The molecule has 0 aliphatic carbocycles. The number of nitrogens with zero attached hydrogens (tertiary/aromatic N) is 1. The van der Waals surface area contributed by atoms with E-state index >= 15 is 0 Å². The number of unbranched alkanes of at least 4 members (excludes halogenated alkanes) is 1. The maximum atomic E-state index is 13.2. The summed E-state index contributed by atoms with van der Waals surface area (Å²) in [5.74, 6) is 1.52. The fourth-order valence-corrected chi connectivity index (χ4v) is 6.32. The number of aryl methyl sites for hydroxylation is 1. The second kappa shape index (κ2) is 13.6. The van der Waals surface area contributed by atoms with Gasteiger partial charge in [-0.05, 0) is 109 Å². The Labute approximate surface area is 248 Å². The molecule has 0 spiro atoms. The van der Waals surface area contributed by atoms with E-state index in [2.05, 4.69) is 89.1 Å². The highest BCUT2D eigenvalue weighted by Gasteiger charge is 2.32. The molecule has 1 heterocycles. The number of likely N-dealkylation sites (N-methyl/N-ethyl adjacent to an activating group) is 1. The van der Waals surface area contributed by atoms with E-state index < -0.39 is 11.5 Å². The summed E-state index contributed by atoms with van der Waals surface area (Å²) in [6, 6.07) is 12.2. The Balaban J connectivity index is 2.07. The van der Waals surface area contributed by atoms with E-state index in [0.29, 0.717) is 6.61 Å². The number of carbonyl (C=O) groups is 1. The third-order valence-electron chi connectivity index (χ3n) is 6.44. The van der Waals surface area contributed by atoms with Crippen molar-refractivity contribution < 1.29 is 18.7 Å². The molecule has 0 amide bonds. The molecule has 7 heteroatoms. The Morgan fingerprint density at radius 3 is 2.30 bits per heavy atom. The van der Waals surface area contributed by atoms with E-state index in [1.54, 1.807) is 0 Å². The van der Waals surface area contributed by atoms with Crippen LogP contribution in [0.5, 0.6) is 5.75 Å². The van der Waals surface area contributed by atoms with Crippen LogP contribution >= 0.6 is 45.2 Å². The lowest BCUT2D eigenvalue weighted by molar-refractivity contribution is -0.157. The van der Waals surface area contributed by atoms with Gasteiger partial charge in [-0.2, -0.15) is 0 Å². The van der Waals surface area contributed by atoms with Crippen molar-refractivity contribution in [2.45, 2.75) is 66.9 Å². The van der Waals surface area contributed by atoms with E-state index in [4.69, 9.17) is 13.9 Å². The molecule has 3 aromatic rings. The highest BCUT2D eigenvalue weighted by molar-refractivity contribution is 14.1. The first kappa shape index (κ1) is 30.2. The summed E-state index contributed by atoms with van der Waals surface area (Å²) in [5, 5.41) is 0.991. The SMILES string of the molecule is CCCCc1oc2ccccc2c1C(OC(=O)C(C)(C)C)c1cc(I)c(OCCN(CC)CC)c(I)c1. The summed E-state index contributed by atoms with van der Waals surface area (Å²) in [7, 11) is 0. The van der Waals surface area contributed by atoms with Gasteiger partial charge in [-0.3, -0.25) is 4.79 Å². The van der Waals surface area contributed by atoms with Gasteiger partial charge in [-0.1, -0.05) is 45.4 Å². The highest BCUT2D eigenvalue weighted by Crippen LogP contribution is 2.41. The monoisotopic (exact) mass is 731 g/mol. The minimum atomic E-state index is -0.630. The van der Waals surface area contributed by atoms with E-state index in [-0.39, 0.29) is 5.97 Å². The summed E-state index contributed by atoms with van der Waals surface area (Å²) in [6.07, 6.45) is 2.28. The summed E-state index contributed by atoms with van der Waals surface area (Å²) < 4.78 is 20.9. The fraction of sp³-hybridized carbons (Fsp3) is 0.500. The van der Waals surface area contributed by atoms with Gasteiger partial charge in [-0.15, -0.1) is 0 Å². The lowest BCUT2D eigenvalue weighted by Gasteiger charge is -2.25. The molecule has 1 aromatic heterocycles. The standard InChI is InChI=1S/C30H39I2NO4/c1-7-10-14-25-26(21-13-11-12-15-24(21)36-25)27(37-29(34)30(4,5)6)20-18-22(31)28(23(32)19-20)35-17-16-33(8-2)9-3/h11-13,15,18-19,27H,7-10,14,16-17H2,1-6H3. The number of halogens is 2. The van der Waals surface area contributed by atoms with Crippen molar-refractivity contribution in [3.8, 4) is 5.75 Å². The molecule has 0 N–H and O–H groups in total. The third-order valence-corrected chi connectivity index (χ3v) is 8.04. The van der Waals surface area contributed by atoms with Crippen LogP contribution in [0.1, 0.15) is 77.4 Å². The Kier molecular flexibility index (Phi) is 11.1. The van der Waals surface area contributed by atoms with Crippen molar-refractivity contribution in [3.63, 3.8) is 0 Å². The number of rotatable bonds is 12. The van der Waals surface area contributed by atoms with Gasteiger partial charge in [0.2, 0.25) is 0 Å². The number of hydrogen-bond acceptors (Lipinski definition) is 5. The number of benzene rings is 2. The van der Waals surface area contributed by atoms with Crippen molar-refractivity contribution >= 4 is 62.1 Å². The molecular formula is C30H39I2NO4. The second-order valence-electron chi connectivity index (χ2n) is 10.3. The third kappa shape index (κ3) is 7.62. The molecule has 37 heavy (non-hydrogen) atoms. The predicted octanol–water partition coefficient (Wildman–Crippen LogP) is 8.38. The number of esters is 1. The summed E-state index contributed by atoms with van der Waals surface area (Å²) >= 11 is 4.66. The lowest BCUT2D eigenvalue weighted by Crippen LogP contribution is -2.28. The van der Waals surface area contributed by atoms with Crippen molar-refractivity contribution in [1.29, 1.82) is 0 Å². The zero-order valence-electron chi connectivity index (χ0n) is 22.8. The largest absolute Gasteiger partial charge is 0.490 e. The maximum Gasteiger partial charge on any atom is 0.312 e. The van der Waals surface area contributed by atoms with Gasteiger partial charge < -0.3 is 18.8 Å². The molecule has 3 rings (SSSR count). The quantitative estimate of drug-likeness (QED) is 0.139. The van der Waals surface area contributed by atoms with Crippen LogP contribution in [0, 0.1) is 12.6 Å². The number of ether oxygens (including phenoxy) is 2. The first-order valence-corrected chi connectivity index (χ1v) is 15.3. The Morgan fingerprint density at radius 2 is 1.70 bits per heavy atom. The van der Waals surface area contributed by atoms with Gasteiger partial charge in [0.1, 0.15) is 23.7 Å². The topological polar surface area (TPSA) is 51.9 Å². The van der Waals surface area contributed by atoms with Crippen LogP contribution in [0.3, 0.4) is 0 Å². The molecule has 0 aliphatic rings. The predicted molar refractivity (Wildman–Crippen MR) is 167 cm³/mol. The van der Waals surface area contributed by atoms with Crippen LogP contribution in [0.15, 0.2) is 40.8 Å². The van der Waals surface area contributed by atoms with Crippen LogP contribution < -0.4 is 4.74 Å². The molecule has 1 unspecified atom stereocenters. The molecular weight excluding hydrogens is 692 g/mol. The summed E-state index contributed by atoms with van der Waals surface area (Å²) in [4.78, 5) is 15.6. The zero-order chi connectivity index (χ0) is 27.2. The first-order chi connectivity index (χ1) is 17.6. The Hall–Kier alpha value is -1.33. The molecule has 0 fully saturated rings. The normalized spacial score (nSPS) is 12.8. The lowest BCUT2D eigenvalue weighted by atomic mass is 9.94. The van der Waals surface area contributed by atoms with E-state index in [1.165, 1.54) is 0 Å². The smallest absolute Gasteiger partial charge is 0.312 e. The van der Waals surface area contributed by atoms with Gasteiger partial charge in [0.25, 0.3) is 0 Å². The van der Waals surface area contributed by atoms with Crippen molar-refractivity contribution in [1.82, 2.24) is 4.90 Å². The molecule has 5 nitrogen and oxygen atoms in total. The number of fused-ring (bicyclic) bond motifs is 1. The average molecular weight is 731 g/mol. The van der Waals surface area contributed by atoms with E-state index in [1.807, 2.05) is 39.0 Å². The molecule has 0 saturated heterocycles. The molecule has 202 valence electrons. The minimum absolute atomic E-state index is 0.242. The van der Waals surface area contributed by atoms with Crippen LogP contribution in [-0.2, 0) is 16.0 Å². The number of furan rings is 1. The molecule has 0 saturated carbocycles. The first-order valence-electron chi connectivity index (χ1n) is 13.2. The van der Waals surface area contributed by atoms with Gasteiger partial charge >= 0.3 is 5.97 Å². The molecule has 1 atom stereocenters. The zero-order valence-corrected chi connectivity index (χ0v) is 27.1. The summed E-state index contributed by atoms with van der Waals surface area (Å²) in [6.45, 7) is 15.7. The summed E-state index contributed by atoms with van der Waals surface area (Å²) in [5.41, 5.74) is 2.06. The average Bonchev–Trinajstić information content (AvgIpc) is 3.22. The van der Waals surface area contributed by atoms with Gasteiger partial charge in [-0.25, -0.2) is 0 Å². The van der Waals surface area contributed by atoms with Gasteiger partial charge in [0.05, 0.1) is 12.6 Å². The van der Waals surface area contributed by atoms with Crippen LogP contribution in [-0.4, -0.2) is 37.1 Å². The van der Waals surface area contributed by atoms with Crippen LogP contribution in [0.25, 0.3) is 11.0 Å². The van der Waals surface area contributed by atoms with Crippen molar-refractivity contribution in [3.05, 3.63) is 60.4 Å². The molecule has 0 radical (unpaired) electrons. The number of hydrogen-bond donors (Lipinski definition) is 0. The highest BCUT2D eigenvalue weighted by atomic mass is 127. The van der Waals surface area contributed by atoms with Crippen molar-refractivity contribution in [2.24, 2.45) is 5.41 Å². The Bertz CT molecular complexity index is 1170. The van der Waals surface area contributed by atoms with Gasteiger partial charge in [0, 0.05) is 23.9 Å². The van der Waals surface area contributed by atoms with Crippen LogP contribution in [0.2, 0.25) is 0 Å². The van der Waals surface area contributed by atoms with E-state index in [9.17, 15) is 4.79 Å². The number of carbonyl (C=O) groups excluding carboxylic acids is 1. The minimum Gasteiger partial charge on any atom is -0.490 e. The molecule has 0 bridgehead atoms. The van der Waals surface area contributed by atoms with Crippen molar-refractivity contribution in [2.75, 3.05) is 26.2 Å².